The van der Waals surface area contributed by atoms with E-state index in [0.29, 0.717) is 0 Å². The van der Waals surface area contributed by atoms with Crippen molar-refractivity contribution in [1.29, 1.82) is 0 Å². The summed E-state index contributed by atoms with van der Waals surface area (Å²) in [5.41, 5.74) is 13.0. The number of anilines is 3. The van der Waals surface area contributed by atoms with Gasteiger partial charge < -0.3 is 4.90 Å². The maximum atomic E-state index is 2.35. The Morgan fingerprint density at radius 2 is 0.702 bits per heavy atom. The lowest BCUT2D eigenvalue weighted by Crippen LogP contribution is -2.10. The minimum absolute atomic E-state index is 1.11. The van der Waals surface area contributed by atoms with Crippen LogP contribution in [0.25, 0.3) is 55.3 Å². The molecular weight excluding hydrogens is 567 g/mol. The predicted molar refractivity (Wildman–Crippen MR) is 200 cm³/mol. The molecule has 0 aliphatic carbocycles. The summed E-state index contributed by atoms with van der Waals surface area (Å²) in [6.45, 7) is 0. The first-order valence-corrected chi connectivity index (χ1v) is 16.1. The molecule has 0 aliphatic heterocycles. The van der Waals surface area contributed by atoms with Crippen molar-refractivity contribution in [2.24, 2.45) is 0 Å². The zero-order valence-corrected chi connectivity index (χ0v) is 26.0. The SMILES string of the molecule is c1ccc(-c2ccc(N(c3ccc(-c4ccccc4)cc3)c3cccc(-c4ccc5cccc(-c6ccccc6)c5c4)c3)cc2)cc1. The van der Waals surface area contributed by atoms with Gasteiger partial charge in [0.1, 0.15) is 0 Å². The molecule has 0 spiro atoms. The second-order valence-corrected chi connectivity index (χ2v) is 11.8. The van der Waals surface area contributed by atoms with Crippen LogP contribution in [-0.4, -0.2) is 0 Å². The van der Waals surface area contributed by atoms with Gasteiger partial charge in [-0.25, -0.2) is 0 Å². The molecule has 47 heavy (non-hydrogen) atoms. The van der Waals surface area contributed by atoms with E-state index in [1.807, 2.05) is 0 Å². The van der Waals surface area contributed by atoms with Crippen molar-refractivity contribution in [3.63, 3.8) is 0 Å². The Bertz CT molecular complexity index is 2170. The van der Waals surface area contributed by atoms with Crippen molar-refractivity contribution >= 4 is 27.8 Å². The molecule has 0 saturated carbocycles. The van der Waals surface area contributed by atoms with Gasteiger partial charge in [0.25, 0.3) is 0 Å². The third kappa shape index (κ3) is 5.83. The zero-order chi connectivity index (χ0) is 31.4. The standard InChI is InChI=1S/C46H33N/c1-4-12-34(13-5-1)36-24-28-42(29-25-36)47(43-30-26-37(27-31-43)35-14-6-2-7-15-35)44-20-10-19-40(32-44)41-23-22-39-18-11-21-45(46(39)33-41)38-16-8-3-9-17-38/h1-33H. The molecule has 0 unspecified atom stereocenters. The Morgan fingerprint density at radius 1 is 0.255 bits per heavy atom. The van der Waals surface area contributed by atoms with E-state index in [-0.39, 0.29) is 0 Å². The van der Waals surface area contributed by atoms with Gasteiger partial charge in [-0.2, -0.15) is 0 Å². The Morgan fingerprint density at radius 3 is 1.28 bits per heavy atom. The van der Waals surface area contributed by atoms with Gasteiger partial charge in [0, 0.05) is 17.1 Å². The monoisotopic (exact) mass is 599 g/mol. The van der Waals surface area contributed by atoms with Gasteiger partial charge >= 0.3 is 0 Å². The molecule has 222 valence electrons. The van der Waals surface area contributed by atoms with E-state index in [4.69, 9.17) is 0 Å². The molecule has 8 rings (SSSR count). The first kappa shape index (κ1) is 28.3. The highest BCUT2D eigenvalue weighted by atomic mass is 15.1. The van der Waals surface area contributed by atoms with Gasteiger partial charge in [-0.3, -0.25) is 0 Å². The van der Waals surface area contributed by atoms with E-state index in [2.05, 4.69) is 205 Å². The van der Waals surface area contributed by atoms with Crippen LogP contribution >= 0.6 is 0 Å². The summed E-state index contributed by atoms with van der Waals surface area (Å²) >= 11 is 0. The van der Waals surface area contributed by atoms with Crippen LogP contribution in [-0.2, 0) is 0 Å². The second kappa shape index (κ2) is 12.7. The molecule has 1 heteroatoms. The van der Waals surface area contributed by atoms with E-state index in [0.717, 1.165) is 17.1 Å². The van der Waals surface area contributed by atoms with Gasteiger partial charge in [0.2, 0.25) is 0 Å². The fraction of sp³-hybridized carbons (Fsp3) is 0. The van der Waals surface area contributed by atoms with E-state index < -0.39 is 0 Å². The molecule has 0 radical (unpaired) electrons. The maximum absolute atomic E-state index is 2.35. The fourth-order valence-corrected chi connectivity index (χ4v) is 6.46. The molecule has 0 heterocycles. The fourth-order valence-electron chi connectivity index (χ4n) is 6.46. The Labute approximate surface area is 276 Å². The summed E-state index contributed by atoms with van der Waals surface area (Å²) in [5.74, 6) is 0. The number of hydrogen-bond donors (Lipinski definition) is 0. The topological polar surface area (TPSA) is 3.24 Å². The molecule has 0 fully saturated rings. The zero-order valence-electron chi connectivity index (χ0n) is 26.0. The van der Waals surface area contributed by atoms with Crippen LogP contribution in [0.3, 0.4) is 0 Å². The molecule has 0 amide bonds. The molecule has 0 bridgehead atoms. The smallest absolute Gasteiger partial charge is 0.0467 e. The molecule has 0 aromatic heterocycles. The summed E-state index contributed by atoms with van der Waals surface area (Å²) in [5, 5.41) is 2.50. The first-order chi connectivity index (χ1) is 23.3. The van der Waals surface area contributed by atoms with Crippen LogP contribution < -0.4 is 4.90 Å². The van der Waals surface area contributed by atoms with Gasteiger partial charge in [-0.05, 0) is 97.7 Å². The van der Waals surface area contributed by atoms with Gasteiger partial charge in [0.05, 0.1) is 0 Å². The van der Waals surface area contributed by atoms with E-state index >= 15 is 0 Å². The van der Waals surface area contributed by atoms with Crippen molar-refractivity contribution in [3.05, 3.63) is 200 Å². The molecule has 8 aromatic rings. The quantitative estimate of drug-likeness (QED) is 0.176. The molecule has 0 N–H and O–H groups in total. The van der Waals surface area contributed by atoms with Crippen LogP contribution in [0, 0.1) is 0 Å². The Kier molecular flexibility index (Phi) is 7.63. The van der Waals surface area contributed by atoms with E-state index in [1.54, 1.807) is 0 Å². The summed E-state index contributed by atoms with van der Waals surface area (Å²) in [7, 11) is 0. The summed E-state index contributed by atoms with van der Waals surface area (Å²) < 4.78 is 0. The number of rotatable bonds is 7. The predicted octanol–water partition coefficient (Wildman–Crippen LogP) is 13.0. The largest absolute Gasteiger partial charge is 0.310 e. The van der Waals surface area contributed by atoms with Crippen LogP contribution in [0.2, 0.25) is 0 Å². The third-order valence-electron chi connectivity index (χ3n) is 8.87. The summed E-state index contributed by atoms with van der Waals surface area (Å²) in [6, 6.07) is 71.8. The average Bonchev–Trinajstić information content (AvgIpc) is 3.16. The summed E-state index contributed by atoms with van der Waals surface area (Å²) in [6.07, 6.45) is 0. The first-order valence-electron chi connectivity index (χ1n) is 16.1. The number of benzene rings is 8. The van der Waals surface area contributed by atoms with Gasteiger partial charge in [-0.15, -0.1) is 0 Å². The third-order valence-corrected chi connectivity index (χ3v) is 8.87. The van der Waals surface area contributed by atoms with Crippen LogP contribution in [0.5, 0.6) is 0 Å². The number of hydrogen-bond acceptors (Lipinski definition) is 1. The average molecular weight is 600 g/mol. The van der Waals surface area contributed by atoms with Crippen molar-refractivity contribution in [2.75, 3.05) is 4.90 Å². The minimum Gasteiger partial charge on any atom is -0.310 e. The van der Waals surface area contributed by atoms with Crippen molar-refractivity contribution in [2.45, 2.75) is 0 Å². The Balaban J connectivity index is 1.22. The normalized spacial score (nSPS) is 11.0. The molecule has 0 aliphatic rings. The lowest BCUT2D eigenvalue weighted by atomic mass is 9.94. The number of fused-ring (bicyclic) bond motifs is 1. The van der Waals surface area contributed by atoms with E-state index in [9.17, 15) is 0 Å². The van der Waals surface area contributed by atoms with Crippen LogP contribution in [0.4, 0.5) is 17.1 Å². The van der Waals surface area contributed by atoms with E-state index in [1.165, 1.54) is 55.3 Å². The molecule has 1 nitrogen and oxygen atoms in total. The second-order valence-electron chi connectivity index (χ2n) is 11.8. The highest BCUT2D eigenvalue weighted by Crippen LogP contribution is 2.39. The highest BCUT2D eigenvalue weighted by molar-refractivity contribution is 5.99. The molecular formula is C46H33N. The minimum atomic E-state index is 1.11. The van der Waals surface area contributed by atoms with Gasteiger partial charge in [0.15, 0.2) is 0 Å². The van der Waals surface area contributed by atoms with Crippen molar-refractivity contribution in [1.82, 2.24) is 0 Å². The van der Waals surface area contributed by atoms with Crippen molar-refractivity contribution < 1.29 is 0 Å². The Hall–Kier alpha value is -6.18. The highest BCUT2D eigenvalue weighted by Gasteiger charge is 2.15. The van der Waals surface area contributed by atoms with Crippen LogP contribution in [0.1, 0.15) is 0 Å². The van der Waals surface area contributed by atoms with Gasteiger partial charge in [-0.1, -0.05) is 158 Å². The van der Waals surface area contributed by atoms with Crippen LogP contribution in [0.15, 0.2) is 200 Å². The maximum Gasteiger partial charge on any atom is 0.0467 e. The molecule has 0 saturated heterocycles. The molecule has 8 aromatic carbocycles. The van der Waals surface area contributed by atoms with Crippen molar-refractivity contribution in [3.8, 4) is 44.5 Å². The summed E-state index contributed by atoms with van der Waals surface area (Å²) in [4.78, 5) is 2.35. The number of nitrogens with zero attached hydrogens (tertiary/aromatic N) is 1. The lowest BCUT2D eigenvalue weighted by Gasteiger charge is -2.26. The lowest BCUT2D eigenvalue weighted by molar-refractivity contribution is 1.28. The molecule has 0 atom stereocenters.